The Kier molecular flexibility index (Phi) is 4.23. The summed E-state index contributed by atoms with van der Waals surface area (Å²) in [5.41, 5.74) is 1.67. The molecule has 0 atom stereocenters. The van der Waals surface area contributed by atoms with Gasteiger partial charge in [-0.1, -0.05) is 31.2 Å². The van der Waals surface area contributed by atoms with Gasteiger partial charge in [-0.15, -0.1) is 0 Å². The summed E-state index contributed by atoms with van der Waals surface area (Å²) in [5.74, 6) is -0.723. The molecule has 1 heterocycles. The number of halogens is 1. The van der Waals surface area contributed by atoms with E-state index in [1.807, 2.05) is 19.1 Å². The second-order valence-electron chi connectivity index (χ2n) is 4.07. The van der Waals surface area contributed by atoms with E-state index >= 15 is 0 Å². The normalized spacial score (nSPS) is 10.5. The molecule has 0 bridgehead atoms. The summed E-state index contributed by atoms with van der Waals surface area (Å²) in [4.78, 5) is 25.5. The van der Waals surface area contributed by atoms with E-state index in [2.05, 4.69) is 26.0 Å². The highest BCUT2D eigenvalue weighted by atomic mass is 79.9. The lowest BCUT2D eigenvalue weighted by atomic mass is 10.1. The number of carbonyl (C=O) groups excluding carboxylic acids is 1. The monoisotopic (exact) mass is 338 g/mol. The fraction of sp³-hybridized carbons (Fsp3) is 0.250. The van der Waals surface area contributed by atoms with Gasteiger partial charge in [-0.2, -0.15) is 4.68 Å². The number of hydrogen-bond donors (Lipinski definition) is 0. The van der Waals surface area contributed by atoms with Gasteiger partial charge in [-0.05, 0) is 21.9 Å². The molecule has 0 aliphatic rings. The number of hydrogen-bond acceptors (Lipinski definition) is 5. The zero-order valence-electron chi connectivity index (χ0n) is 10.6. The van der Waals surface area contributed by atoms with Crippen LogP contribution in [0.3, 0.4) is 0 Å². The minimum atomic E-state index is -0.707. The molecular weight excluding hydrogens is 328 g/mol. The van der Waals surface area contributed by atoms with Crippen LogP contribution < -0.4 is 0 Å². The Morgan fingerprint density at radius 2 is 2.05 bits per heavy atom. The molecule has 0 aliphatic heterocycles. The van der Waals surface area contributed by atoms with E-state index in [0.717, 1.165) is 16.7 Å². The van der Waals surface area contributed by atoms with Crippen molar-refractivity contribution in [2.24, 2.45) is 0 Å². The molecule has 0 radical (unpaired) electrons. The third-order valence-corrected chi connectivity index (χ3v) is 3.34. The number of ketones is 1. The zero-order chi connectivity index (χ0) is 14.7. The highest BCUT2D eigenvalue weighted by molar-refractivity contribution is 9.10. The van der Waals surface area contributed by atoms with Crippen LogP contribution in [0.15, 0.2) is 29.0 Å². The van der Waals surface area contributed by atoms with E-state index in [-0.39, 0.29) is 17.1 Å². The van der Waals surface area contributed by atoms with E-state index in [9.17, 15) is 14.9 Å². The van der Waals surface area contributed by atoms with Gasteiger partial charge in [-0.25, -0.2) is 0 Å². The lowest BCUT2D eigenvalue weighted by Crippen LogP contribution is -2.12. The highest BCUT2D eigenvalue weighted by Gasteiger charge is 2.21. The molecule has 2 rings (SSSR count). The molecule has 104 valence electrons. The minimum Gasteiger partial charge on any atom is -0.390 e. The van der Waals surface area contributed by atoms with Crippen LogP contribution in [0, 0.1) is 10.1 Å². The van der Waals surface area contributed by atoms with Gasteiger partial charge in [0.2, 0.25) is 0 Å². The van der Waals surface area contributed by atoms with Crippen LogP contribution >= 0.6 is 15.9 Å². The molecule has 1 aromatic carbocycles. The fourth-order valence-corrected chi connectivity index (χ4v) is 2.01. The average Bonchev–Trinajstić information content (AvgIpc) is 2.80. The maximum atomic E-state index is 12.1. The SMILES string of the molecule is CCc1ccc(C(=O)Cn2nc([N+](=O)[O-])nc2Br)cc1. The largest absolute Gasteiger partial charge is 0.492 e. The number of benzene rings is 1. The molecule has 0 N–H and O–H groups in total. The molecule has 0 unspecified atom stereocenters. The number of aromatic nitrogens is 3. The number of carbonyl (C=O) groups is 1. The summed E-state index contributed by atoms with van der Waals surface area (Å²) in [7, 11) is 0. The summed E-state index contributed by atoms with van der Waals surface area (Å²) < 4.78 is 1.32. The Balaban J connectivity index is 2.16. The number of nitro groups is 1. The highest BCUT2D eigenvalue weighted by Crippen LogP contribution is 2.13. The Hall–Kier alpha value is -2.09. The van der Waals surface area contributed by atoms with Crippen molar-refractivity contribution in [1.29, 1.82) is 0 Å². The summed E-state index contributed by atoms with van der Waals surface area (Å²) >= 11 is 3.04. The van der Waals surface area contributed by atoms with Gasteiger partial charge in [0.1, 0.15) is 6.54 Å². The van der Waals surface area contributed by atoms with Crippen molar-refractivity contribution in [2.75, 3.05) is 0 Å². The van der Waals surface area contributed by atoms with Crippen LogP contribution in [0.1, 0.15) is 22.8 Å². The summed E-state index contributed by atoms with van der Waals surface area (Å²) in [6, 6.07) is 7.24. The van der Waals surface area contributed by atoms with Crippen molar-refractivity contribution in [3.63, 3.8) is 0 Å². The lowest BCUT2D eigenvalue weighted by Gasteiger charge is -2.01. The number of Topliss-reactive ketones (excluding diaryl/α,β-unsaturated/α-hetero) is 1. The van der Waals surface area contributed by atoms with Crippen molar-refractivity contribution in [3.05, 3.63) is 50.2 Å². The van der Waals surface area contributed by atoms with Crippen molar-refractivity contribution in [3.8, 4) is 0 Å². The van der Waals surface area contributed by atoms with Gasteiger partial charge in [0.05, 0.1) is 0 Å². The van der Waals surface area contributed by atoms with Crippen molar-refractivity contribution >= 4 is 27.7 Å². The lowest BCUT2D eigenvalue weighted by molar-refractivity contribution is -0.394. The molecule has 20 heavy (non-hydrogen) atoms. The second kappa shape index (κ2) is 5.91. The first-order chi connectivity index (χ1) is 9.51. The Labute approximate surface area is 122 Å². The van der Waals surface area contributed by atoms with Gasteiger partial charge in [0.15, 0.2) is 5.78 Å². The van der Waals surface area contributed by atoms with Gasteiger partial charge in [0.25, 0.3) is 4.73 Å². The van der Waals surface area contributed by atoms with E-state index in [0.29, 0.717) is 5.56 Å². The molecule has 0 fully saturated rings. The number of nitrogens with zero attached hydrogens (tertiary/aromatic N) is 4. The molecule has 0 spiro atoms. The standard InChI is InChI=1S/C12H11BrN4O3/c1-2-8-3-5-9(6-4-8)10(18)7-16-11(13)14-12(15-16)17(19)20/h3-6H,2,7H2,1H3. The predicted molar refractivity (Wildman–Crippen MR) is 74.5 cm³/mol. The van der Waals surface area contributed by atoms with Gasteiger partial charge >= 0.3 is 5.95 Å². The summed E-state index contributed by atoms with van der Waals surface area (Å²) in [5, 5.41) is 14.2. The van der Waals surface area contributed by atoms with E-state index < -0.39 is 10.9 Å². The predicted octanol–water partition coefficient (Wildman–Crippen LogP) is 2.39. The quantitative estimate of drug-likeness (QED) is 0.474. The number of rotatable bonds is 5. The fourth-order valence-electron chi connectivity index (χ4n) is 1.64. The van der Waals surface area contributed by atoms with Gasteiger partial charge in [0, 0.05) is 26.6 Å². The van der Waals surface area contributed by atoms with Gasteiger partial charge in [-0.3, -0.25) is 4.79 Å². The Morgan fingerprint density at radius 1 is 1.40 bits per heavy atom. The van der Waals surface area contributed by atoms with E-state index in [1.54, 1.807) is 12.1 Å². The molecule has 0 amide bonds. The van der Waals surface area contributed by atoms with Crippen LogP contribution in [0.5, 0.6) is 0 Å². The topological polar surface area (TPSA) is 90.9 Å². The molecule has 0 saturated carbocycles. The summed E-state index contributed by atoms with van der Waals surface area (Å²) in [6.45, 7) is 1.93. The smallest absolute Gasteiger partial charge is 0.390 e. The minimum absolute atomic E-state index is 0.104. The second-order valence-corrected chi connectivity index (χ2v) is 4.78. The molecule has 0 saturated heterocycles. The van der Waals surface area contributed by atoms with Crippen LogP contribution in [-0.2, 0) is 13.0 Å². The average molecular weight is 339 g/mol. The first kappa shape index (κ1) is 14.3. The van der Waals surface area contributed by atoms with Crippen LogP contribution in [-0.4, -0.2) is 25.5 Å². The summed E-state index contributed by atoms with van der Waals surface area (Å²) in [6.07, 6.45) is 0.898. The maximum absolute atomic E-state index is 12.1. The maximum Gasteiger partial charge on any atom is 0.492 e. The Morgan fingerprint density at radius 3 is 2.55 bits per heavy atom. The van der Waals surface area contributed by atoms with Crippen LogP contribution in [0.2, 0.25) is 0 Å². The third kappa shape index (κ3) is 3.08. The molecule has 1 aromatic heterocycles. The first-order valence-corrected chi connectivity index (χ1v) is 6.67. The molecular formula is C12H11BrN4O3. The first-order valence-electron chi connectivity index (χ1n) is 5.88. The van der Waals surface area contributed by atoms with Crippen LogP contribution in [0.25, 0.3) is 0 Å². The van der Waals surface area contributed by atoms with E-state index in [1.165, 1.54) is 0 Å². The van der Waals surface area contributed by atoms with E-state index in [4.69, 9.17) is 0 Å². The molecule has 8 heteroatoms. The van der Waals surface area contributed by atoms with Crippen molar-refractivity contribution in [2.45, 2.75) is 19.9 Å². The molecule has 0 aliphatic carbocycles. The zero-order valence-corrected chi connectivity index (χ0v) is 12.2. The molecule has 2 aromatic rings. The van der Waals surface area contributed by atoms with Crippen molar-refractivity contribution in [1.82, 2.24) is 14.8 Å². The molecule has 7 nitrogen and oxygen atoms in total. The van der Waals surface area contributed by atoms with Crippen LogP contribution in [0.4, 0.5) is 5.95 Å². The van der Waals surface area contributed by atoms with Gasteiger partial charge < -0.3 is 10.1 Å². The third-order valence-electron chi connectivity index (χ3n) is 2.76. The Bertz CT molecular complexity index is 651. The van der Waals surface area contributed by atoms with Crippen molar-refractivity contribution < 1.29 is 9.72 Å². The number of aryl methyl sites for hydroxylation is 1.